The number of carbonyl (C=O) groups is 8. The Bertz CT molecular complexity index is 4480. The van der Waals surface area contributed by atoms with Crippen LogP contribution in [0.2, 0.25) is 33.2 Å². The van der Waals surface area contributed by atoms with Gasteiger partial charge in [-0.3, -0.25) is 19.2 Å². The average Bonchev–Trinajstić information content (AvgIpc) is 1.63. The molecule has 0 unspecified atom stereocenters. The average molecular weight is 1430 g/mol. The molecular formula is C84H104O16Si2. The van der Waals surface area contributed by atoms with E-state index in [1.165, 1.54) is 0 Å². The van der Waals surface area contributed by atoms with Crippen molar-refractivity contribution >= 4 is 128 Å². The molecule has 102 heavy (non-hydrogen) atoms. The SMILES string of the molecule is CC(C)[Si](c1cc2c(OC(=O)[C@@]34CC[C@@](C)(C(=O)O3)C4(C)C)ccc(OC(=O)[C@@]34CC[C@@](C)(C(=O)O3)C4(C)C)c2c2c1ccc1ccc3c([Si](C(C)C)(C(C)C)C(C)C)cc4c(OC(=O)[C@@]56CC[C@@](C)(C(=O)O5)C6(C)C)ccc(OC(=O)[C@@]56CC[C@@](C)(C(=O)O5)C6(C)C)c4c3c12)(C(C)C)C(C)C. The van der Waals surface area contributed by atoms with E-state index in [2.05, 4.69) is 119 Å². The van der Waals surface area contributed by atoms with Gasteiger partial charge in [0.2, 0.25) is 22.4 Å². The van der Waals surface area contributed by atoms with Gasteiger partial charge in [0.05, 0.1) is 37.8 Å². The fourth-order valence-electron chi connectivity index (χ4n) is 23.3. The topological polar surface area (TPSA) is 210 Å². The summed E-state index contributed by atoms with van der Waals surface area (Å²) >= 11 is 0. The predicted molar refractivity (Wildman–Crippen MR) is 398 cm³/mol. The molecule has 544 valence electrons. The summed E-state index contributed by atoms with van der Waals surface area (Å²) in [5, 5.41) is 7.98. The first-order valence-electron chi connectivity index (χ1n) is 37.4. The second-order valence-corrected chi connectivity index (χ2v) is 48.7. The molecule has 0 spiro atoms. The van der Waals surface area contributed by atoms with Crippen LogP contribution in [0, 0.1) is 43.3 Å². The number of benzene rings is 6. The van der Waals surface area contributed by atoms with Crippen LogP contribution in [-0.4, -0.2) is 86.3 Å². The van der Waals surface area contributed by atoms with Gasteiger partial charge in [-0.15, -0.1) is 0 Å². The smallest absolute Gasteiger partial charge is 0.356 e. The molecule has 0 N–H and O–H groups in total. The Labute approximate surface area is 601 Å². The molecular weight excluding hydrogens is 1320 g/mol. The lowest BCUT2D eigenvalue weighted by atomic mass is 9.66. The Hall–Kier alpha value is -7.19. The van der Waals surface area contributed by atoms with Crippen LogP contribution in [0.5, 0.6) is 23.0 Å². The molecule has 6 aromatic carbocycles. The minimum absolute atomic E-state index is 0.0879. The van der Waals surface area contributed by atoms with Crippen molar-refractivity contribution in [1.29, 1.82) is 0 Å². The van der Waals surface area contributed by atoms with Crippen LogP contribution >= 0.6 is 0 Å². The second-order valence-electron chi connectivity index (χ2n) is 36.9. The third-order valence-electron chi connectivity index (χ3n) is 31.3. The first kappa shape index (κ1) is 71.8. The van der Waals surface area contributed by atoms with E-state index in [9.17, 15) is 19.2 Å². The zero-order valence-electron chi connectivity index (χ0n) is 64.4. The van der Waals surface area contributed by atoms with Gasteiger partial charge in [0, 0.05) is 54.0 Å². The van der Waals surface area contributed by atoms with E-state index in [1.54, 1.807) is 24.3 Å². The molecule has 6 aromatic rings. The van der Waals surface area contributed by atoms with Gasteiger partial charge in [0.1, 0.15) is 23.0 Å². The molecule has 4 aliphatic carbocycles. The fraction of sp³-hybridized carbons (Fsp3) is 0.595. The Kier molecular flexibility index (Phi) is 15.3. The quantitative estimate of drug-likeness (QED) is 0.0290. The van der Waals surface area contributed by atoms with Crippen molar-refractivity contribution < 1.29 is 76.3 Å². The standard InChI is InChI=1S/C84H104O16Si2/c1-43(2)101(44(3)4,45(5)6)58-41-52-54(93-69(89)81-37-33-77(21,65(85)97-81)73(81,13)14)29-31-56(95-71(91)83-39-35-79(23,67(87)99-83)75(83,17)18)61(52)63-50(58)27-25-49-26-28-51-59(102(46(7)8,47(9)10)48(11)12)42-53-55(94-70(90)82-38-34-78(22,66(86)98-82)74(82,15)16)30-32-57(62(53)64(51)60(49)63)96-72(92)84-40-36-80(24,68(88)100-84)76(84,19)20/h25-32,41-48H,33-40H2,1-24H3/t77-,78-,79-,80-,81+,82+,83+,84+/m0/s1. The van der Waals surface area contributed by atoms with Gasteiger partial charge < -0.3 is 37.9 Å². The van der Waals surface area contributed by atoms with Crippen molar-refractivity contribution in [3.63, 3.8) is 0 Å². The maximum absolute atomic E-state index is 16.0. The summed E-state index contributed by atoms with van der Waals surface area (Å²) < 4.78 is 53.2. The van der Waals surface area contributed by atoms with Crippen molar-refractivity contribution in [1.82, 2.24) is 0 Å². The molecule has 4 saturated carbocycles. The Morgan fingerprint density at radius 3 is 0.765 bits per heavy atom. The summed E-state index contributed by atoms with van der Waals surface area (Å²) in [6.45, 7) is 49.9. The Balaban J connectivity index is 1.19. The van der Waals surface area contributed by atoms with Crippen LogP contribution < -0.4 is 29.3 Å². The molecule has 8 fully saturated rings. The molecule has 0 aromatic heterocycles. The van der Waals surface area contributed by atoms with Gasteiger partial charge in [-0.1, -0.05) is 185 Å². The third kappa shape index (κ3) is 8.00. The van der Waals surface area contributed by atoms with Crippen LogP contribution in [0.4, 0.5) is 0 Å². The van der Waals surface area contributed by atoms with E-state index in [-0.39, 0.29) is 81.9 Å². The van der Waals surface area contributed by atoms with Crippen molar-refractivity contribution in [3.05, 3.63) is 60.7 Å². The van der Waals surface area contributed by atoms with Crippen molar-refractivity contribution in [2.45, 2.75) is 273 Å². The number of rotatable bonds is 16. The molecule has 8 atom stereocenters. The molecule has 14 rings (SSSR count). The Morgan fingerprint density at radius 2 is 0.549 bits per heavy atom. The lowest BCUT2D eigenvalue weighted by Gasteiger charge is -2.45. The highest BCUT2D eigenvalue weighted by atomic mass is 28.3. The number of hydrogen-bond donors (Lipinski definition) is 0. The lowest BCUT2D eigenvalue weighted by Crippen LogP contribution is -2.56. The zero-order chi connectivity index (χ0) is 74.7. The summed E-state index contributed by atoms with van der Waals surface area (Å²) in [5.41, 5.74) is -14.1. The summed E-state index contributed by atoms with van der Waals surface area (Å²) in [6.07, 6.45) is 2.47. The van der Waals surface area contributed by atoms with Crippen molar-refractivity contribution in [2.24, 2.45) is 43.3 Å². The van der Waals surface area contributed by atoms with Gasteiger partial charge in [-0.25, -0.2) is 19.2 Å². The molecule has 0 radical (unpaired) electrons. The molecule has 4 aliphatic heterocycles. The molecule has 4 heterocycles. The van der Waals surface area contributed by atoms with E-state index in [0.717, 1.165) is 26.5 Å². The predicted octanol–water partition coefficient (Wildman–Crippen LogP) is 17.3. The molecule has 16 nitrogen and oxygen atoms in total. The molecule has 18 heteroatoms. The van der Waals surface area contributed by atoms with Crippen LogP contribution in [-0.2, 0) is 57.3 Å². The number of ether oxygens (including phenoxy) is 8. The number of fused-ring (bicyclic) bond motifs is 17. The van der Waals surface area contributed by atoms with Crippen LogP contribution in [0.25, 0.3) is 53.9 Å². The van der Waals surface area contributed by atoms with Gasteiger partial charge in [-0.05, 0) is 158 Å². The van der Waals surface area contributed by atoms with Crippen LogP contribution in [0.15, 0.2) is 60.7 Å². The number of carbonyl (C=O) groups excluding carboxylic acids is 8. The summed E-state index contributed by atoms with van der Waals surface area (Å²) in [7, 11) is -5.94. The molecule has 0 amide bonds. The summed E-state index contributed by atoms with van der Waals surface area (Å²) in [4.78, 5) is 120. The normalized spacial score (nSPS) is 30.8. The third-order valence-corrected chi connectivity index (χ3v) is 45.5. The van der Waals surface area contributed by atoms with E-state index < -0.39 is 130 Å². The highest BCUT2D eigenvalue weighted by molar-refractivity contribution is 6.97. The highest BCUT2D eigenvalue weighted by Gasteiger charge is 2.80. The summed E-state index contributed by atoms with van der Waals surface area (Å²) in [6, 6.07) is 19.4. The molecule has 4 saturated heterocycles. The van der Waals surface area contributed by atoms with Gasteiger partial charge in [0.25, 0.3) is 0 Å². The maximum atomic E-state index is 16.0. The van der Waals surface area contributed by atoms with Gasteiger partial charge >= 0.3 is 47.8 Å². The molecule has 8 bridgehead atoms. The monoisotopic (exact) mass is 1420 g/mol. The van der Waals surface area contributed by atoms with Crippen LogP contribution in [0.1, 0.15) is 218 Å². The zero-order valence-corrected chi connectivity index (χ0v) is 66.4. The van der Waals surface area contributed by atoms with Gasteiger partial charge in [-0.2, -0.15) is 0 Å². The molecule has 8 aliphatic rings. The number of hydrogen-bond acceptors (Lipinski definition) is 16. The second kappa shape index (κ2) is 21.7. The minimum Gasteiger partial charge on any atom is -0.446 e. The first-order chi connectivity index (χ1) is 47.2. The maximum Gasteiger partial charge on any atom is 0.356 e. The highest BCUT2D eigenvalue weighted by Crippen LogP contribution is 2.70. The fourth-order valence-corrected chi connectivity index (χ4v) is 37.1. The number of esters is 8. The van der Waals surface area contributed by atoms with E-state index in [0.29, 0.717) is 63.4 Å². The largest absolute Gasteiger partial charge is 0.446 e. The van der Waals surface area contributed by atoms with Crippen molar-refractivity contribution in [2.75, 3.05) is 0 Å². The van der Waals surface area contributed by atoms with E-state index in [1.807, 2.05) is 83.1 Å². The first-order valence-corrected chi connectivity index (χ1v) is 41.9. The van der Waals surface area contributed by atoms with Gasteiger partial charge in [0.15, 0.2) is 0 Å². The van der Waals surface area contributed by atoms with Crippen LogP contribution in [0.3, 0.4) is 0 Å². The summed E-state index contributed by atoms with van der Waals surface area (Å²) in [5.74, 6) is -4.47. The van der Waals surface area contributed by atoms with E-state index in [4.69, 9.17) is 37.9 Å². The van der Waals surface area contributed by atoms with Crippen molar-refractivity contribution in [3.8, 4) is 23.0 Å². The lowest BCUT2D eigenvalue weighted by molar-refractivity contribution is -0.176. The minimum atomic E-state index is -2.97. The van der Waals surface area contributed by atoms with E-state index >= 15 is 19.2 Å². The Morgan fingerprint density at radius 1 is 0.314 bits per heavy atom.